The van der Waals surface area contributed by atoms with Gasteiger partial charge in [0.25, 0.3) is 0 Å². The van der Waals surface area contributed by atoms with Gasteiger partial charge in [-0.1, -0.05) is 13.8 Å². The van der Waals surface area contributed by atoms with Gasteiger partial charge in [0.2, 0.25) is 5.91 Å². The average Bonchev–Trinajstić information content (AvgIpc) is 2.82. The molecule has 0 saturated carbocycles. The van der Waals surface area contributed by atoms with Gasteiger partial charge < -0.3 is 9.88 Å². The van der Waals surface area contributed by atoms with Gasteiger partial charge in [-0.3, -0.25) is 4.79 Å². The van der Waals surface area contributed by atoms with Gasteiger partial charge in [0, 0.05) is 24.9 Å². The van der Waals surface area contributed by atoms with Crippen LogP contribution >= 0.6 is 11.8 Å². The fourth-order valence-electron chi connectivity index (χ4n) is 1.80. The van der Waals surface area contributed by atoms with Crippen molar-refractivity contribution in [1.29, 1.82) is 0 Å². The number of carbonyl (C=O) groups excluding carboxylic acids is 1. The third kappa shape index (κ3) is 4.05. The van der Waals surface area contributed by atoms with Crippen molar-refractivity contribution in [2.75, 3.05) is 18.6 Å². The van der Waals surface area contributed by atoms with E-state index < -0.39 is 0 Å². The number of hydrogen-bond donors (Lipinski definition) is 1. The highest BCUT2D eigenvalue weighted by atomic mass is 32.2. The third-order valence-electron chi connectivity index (χ3n) is 2.84. The van der Waals surface area contributed by atoms with Crippen LogP contribution in [0, 0.1) is 0 Å². The number of hydrogen-bond acceptors (Lipinski definition) is 3. The summed E-state index contributed by atoms with van der Waals surface area (Å²) >= 11 is 1.80. The van der Waals surface area contributed by atoms with Crippen LogP contribution in [0.3, 0.4) is 0 Å². The maximum absolute atomic E-state index is 12.0. The Morgan fingerprint density at radius 3 is 2.83 bits per heavy atom. The Bertz CT molecular complexity index is 376. The molecule has 0 aliphatic heterocycles. The van der Waals surface area contributed by atoms with E-state index in [1.54, 1.807) is 18.0 Å². The van der Waals surface area contributed by atoms with E-state index in [0.717, 1.165) is 24.5 Å². The topological polar surface area (TPSA) is 46.9 Å². The summed E-state index contributed by atoms with van der Waals surface area (Å²) in [6.45, 7) is 6.83. The molecule has 1 aromatic rings. The highest BCUT2D eigenvalue weighted by molar-refractivity contribution is 7.98. The molecule has 1 rings (SSSR count). The van der Waals surface area contributed by atoms with Crippen molar-refractivity contribution in [3.63, 3.8) is 0 Å². The first-order valence-corrected chi connectivity index (χ1v) is 7.76. The van der Waals surface area contributed by atoms with E-state index in [0.29, 0.717) is 5.92 Å². The Kier molecular flexibility index (Phi) is 6.25. The van der Waals surface area contributed by atoms with Crippen LogP contribution in [0.1, 0.15) is 45.0 Å². The maximum atomic E-state index is 12.0. The number of aromatic nitrogens is 2. The van der Waals surface area contributed by atoms with Crippen molar-refractivity contribution in [3.8, 4) is 0 Å². The quantitative estimate of drug-likeness (QED) is 0.773. The predicted molar refractivity (Wildman–Crippen MR) is 77.0 cm³/mol. The van der Waals surface area contributed by atoms with Gasteiger partial charge >= 0.3 is 0 Å². The molecule has 1 aromatic heterocycles. The zero-order chi connectivity index (χ0) is 13.5. The summed E-state index contributed by atoms with van der Waals surface area (Å²) in [7, 11) is 0. The number of imidazole rings is 1. The van der Waals surface area contributed by atoms with Crippen molar-refractivity contribution in [3.05, 3.63) is 18.2 Å². The smallest absolute Gasteiger partial charge is 0.242 e. The van der Waals surface area contributed by atoms with E-state index in [9.17, 15) is 4.79 Å². The number of nitrogens with zero attached hydrogens (tertiary/aromatic N) is 2. The summed E-state index contributed by atoms with van der Waals surface area (Å²) < 4.78 is 1.95. The summed E-state index contributed by atoms with van der Waals surface area (Å²) in [6, 6.07) is -0.195. The Morgan fingerprint density at radius 2 is 2.22 bits per heavy atom. The molecule has 0 unspecified atom stereocenters. The van der Waals surface area contributed by atoms with Crippen molar-refractivity contribution in [2.45, 2.75) is 39.2 Å². The van der Waals surface area contributed by atoms with Crippen LogP contribution in [0.25, 0.3) is 0 Å². The molecule has 0 radical (unpaired) electrons. The second kappa shape index (κ2) is 7.46. The number of amides is 1. The summed E-state index contributed by atoms with van der Waals surface area (Å²) in [4.78, 5) is 16.3. The van der Waals surface area contributed by atoms with Crippen LogP contribution in [0.15, 0.2) is 12.4 Å². The lowest BCUT2D eigenvalue weighted by Crippen LogP contribution is -2.32. The molecule has 0 bridgehead atoms. The minimum atomic E-state index is -0.195. The first-order chi connectivity index (χ1) is 8.57. The molecule has 0 aliphatic rings. The maximum Gasteiger partial charge on any atom is 0.242 e. The van der Waals surface area contributed by atoms with Crippen LogP contribution in [0.4, 0.5) is 0 Å². The van der Waals surface area contributed by atoms with Crippen LogP contribution in [-0.2, 0) is 4.79 Å². The lowest BCUT2D eigenvalue weighted by atomic mass is 10.2. The molecule has 0 aliphatic carbocycles. The first-order valence-electron chi connectivity index (χ1n) is 6.37. The monoisotopic (exact) mass is 269 g/mol. The molecule has 102 valence electrons. The molecule has 4 nitrogen and oxygen atoms in total. The van der Waals surface area contributed by atoms with Gasteiger partial charge in [-0.2, -0.15) is 11.8 Å². The lowest BCUT2D eigenvalue weighted by Gasteiger charge is -2.17. The Hall–Kier alpha value is -0.970. The van der Waals surface area contributed by atoms with Gasteiger partial charge in [0.15, 0.2) is 0 Å². The molecule has 0 saturated heterocycles. The minimum absolute atomic E-state index is 0.0657. The fourth-order valence-corrected chi connectivity index (χ4v) is 2.23. The zero-order valence-corrected chi connectivity index (χ0v) is 12.5. The lowest BCUT2D eigenvalue weighted by molar-refractivity contribution is -0.123. The van der Waals surface area contributed by atoms with Gasteiger partial charge in [0.1, 0.15) is 11.9 Å². The highest BCUT2D eigenvalue weighted by Gasteiger charge is 2.18. The first kappa shape index (κ1) is 15.1. The van der Waals surface area contributed by atoms with Gasteiger partial charge in [-0.15, -0.1) is 0 Å². The molecule has 0 spiro atoms. The van der Waals surface area contributed by atoms with Crippen molar-refractivity contribution >= 4 is 17.7 Å². The molecule has 1 amide bonds. The Balaban J connectivity index is 2.55. The largest absolute Gasteiger partial charge is 0.354 e. The van der Waals surface area contributed by atoms with Crippen LogP contribution in [-0.4, -0.2) is 34.0 Å². The van der Waals surface area contributed by atoms with Gasteiger partial charge in [-0.05, 0) is 25.4 Å². The predicted octanol–water partition coefficient (Wildman–Crippen LogP) is 2.44. The Morgan fingerprint density at radius 1 is 1.50 bits per heavy atom. The third-order valence-corrected chi connectivity index (χ3v) is 3.53. The fraction of sp³-hybridized carbons (Fsp3) is 0.692. The minimum Gasteiger partial charge on any atom is -0.354 e. The van der Waals surface area contributed by atoms with E-state index in [-0.39, 0.29) is 11.9 Å². The second-order valence-electron chi connectivity index (χ2n) is 4.66. The molecule has 1 heterocycles. The van der Waals surface area contributed by atoms with E-state index in [2.05, 4.69) is 30.4 Å². The van der Waals surface area contributed by atoms with E-state index in [1.165, 1.54) is 0 Å². The molecular weight excluding hydrogens is 246 g/mol. The molecule has 1 N–H and O–H groups in total. The van der Waals surface area contributed by atoms with E-state index in [4.69, 9.17) is 0 Å². The van der Waals surface area contributed by atoms with Crippen molar-refractivity contribution < 1.29 is 4.79 Å². The van der Waals surface area contributed by atoms with Gasteiger partial charge in [0.05, 0.1) is 0 Å². The number of nitrogens with one attached hydrogen (secondary N) is 1. The molecule has 5 heteroatoms. The van der Waals surface area contributed by atoms with Gasteiger partial charge in [-0.25, -0.2) is 4.98 Å². The van der Waals surface area contributed by atoms with Crippen LogP contribution < -0.4 is 5.32 Å². The highest BCUT2D eigenvalue weighted by Crippen LogP contribution is 2.17. The molecule has 18 heavy (non-hydrogen) atoms. The van der Waals surface area contributed by atoms with Crippen LogP contribution in [0.5, 0.6) is 0 Å². The standard InChI is InChI=1S/C13H23N3OS/c1-10(2)12-14-7-8-16(12)11(3)13(17)15-6-5-9-18-4/h7-8,10-11H,5-6,9H2,1-4H3,(H,15,17)/t11-/m1/s1. The summed E-state index contributed by atoms with van der Waals surface area (Å²) in [5.41, 5.74) is 0. The number of carbonyl (C=O) groups is 1. The molecular formula is C13H23N3OS. The van der Waals surface area contributed by atoms with E-state index in [1.807, 2.05) is 17.7 Å². The van der Waals surface area contributed by atoms with Crippen molar-refractivity contribution in [2.24, 2.45) is 0 Å². The van der Waals surface area contributed by atoms with Crippen molar-refractivity contribution in [1.82, 2.24) is 14.9 Å². The normalized spacial score (nSPS) is 12.7. The SMILES string of the molecule is CSCCCNC(=O)[C@@H](C)n1ccnc1C(C)C. The Labute approximate surface area is 114 Å². The zero-order valence-electron chi connectivity index (χ0n) is 11.6. The number of thioether (sulfide) groups is 1. The average molecular weight is 269 g/mol. The summed E-state index contributed by atoms with van der Waals surface area (Å²) in [5.74, 6) is 2.43. The van der Waals surface area contributed by atoms with Crippen LogP contribution in [0.2, 0.25) is 0 Å². The molecule has 0 fully saturated rings. The molecule has 1 atom stereocenters. The summed E-state index contributed by atoms with van der Waals surface area (Å²) in [5, 5.41) is 2.97. The summed E-state index contributed by atoms with van der Waals surface area (Å²) in [6.07, 6.45) is 6.72. The number of rotatable bonds is 7. The molecule has 0 aromatic carbocycles. The van der Waals surface area contributed by atoms with E-state index >= 15 is 0 Å². The second-order valence-corrected chi connectivity index (χ2v) is 5.65.